The quantitative estimate of drug-likeness (QED) is 0.783. The fourth-order valence-corrected chi connectivity index (χ4v) is 4.07. The molecule has 0 saturated heterocycles. The Hall–Kier alpha value is -2.13. The van der Waals surface area contributed by atoms with Crippen LogP contribution in [0.5, 0.6) is 0 Å². The molecule has 0 aromatic heterocycles. The molecule has 0 spiro atoms. The van der Waals surface area contributed by atoms with Crippen molar-refractivity contribution in [1.29, 1.82) is 0 Å². The van der Waals surface area contributed by atoms with E-state index in [1.807, 2.05) is 11.9 Å². The topological polar surface area (TPSA) is 35.8 Å². The Bertz CT molecular complexity index is 808. The third kappa shape index (κ3) is 4.41. The zero-order chi connectivity index (χ0) is 19.6. The van der Waals surface area contributed by atoms with Crippen LogP contribution < -0.4 is 0 Å². The largest absolute Gasteiger partial charge is 0.372 e. The third-order valence-corrected chi connectivity index (χ3v) is 5.80. The first-order valence-corrected chi connectivity index (χ1v) is 10.1. The molecule has 3 atom stereocenters. The van der Waals surface area contributed by atoms with E-state index in [9.17, 15) is 5.11 Å². The lowest BCUT2D eigenvalue weighted by Gasteiger charge is -2.32. The molecule has 3 unspecified atom stereocenters. The second-order valence-corrected chi connectivity index (χ2v) is 8.00. The number of rotatable bonds is 6. The number of nitrogens with zero attached hydrogens (tertiary/aromatic N) is 2. The van der Waals surface area contributed by atoms with Gasteiger partial charge in [0, 0.05) is 6.42 Å². The van der Waals surface area contributed by atoms with Crippen molar-refractivity contribution < 1.29 is 5.11 Å². The van der Waals surface area contributed by atoms with Crippen LogP contribution in [0.2, 0.25) is 0 Å². The summed E-state index contributed by atoms with van der Waals surface area (Å²) in [6, 6.07) is 15.5. The maximum Gasteiger partial charge on any atom is 0.140 e. The van der Waals surface area contributed by atoms with Gasteiger partial charge < -0.3 is 5.11 Å². The fraction of sp³-hybridized carbons (Fsp3) is 0.458. The summed E-state index contributed by atoms with van der Waals surface area (Å²) >= 11 is 0. The number of hydrogen-bond donors (Lipinski definition) is 1. The molecule has 0 radical (unpaired) electrons. The lowest BCUT2D eigenvalue weighted by atomic mass is 9.85. The summed E-state index contributed by atoms with van der Waals surface area (Å²) < 4.78 is 0. The molecule has 144 valence electrons. The van der Waals surface area contributed by atoms with E-state index in [1.165, 1.54) is 22.3 Å². The summed E-state index contributed by atoms with van der Waals surface area (Å²) in [6.45, 7) is 10.5. The van der Waals surface area contributed by atoms with Gasteiger partial charge in [0.05, 0.1) is 11.8 Å². The van der Waals surface area contributed by atoms with Crippen LogP contribution in [0.1, 0.15) is 54.5 Å². The monoisotopic (exact) mass is 364 g/mol. The van der Waals surface area contributed by atoms with Crippen molar-refractivity contribution in [3.05, 3.63) is 70.3 Å². The van der Waals surface area contributed by atoms with E-state index in [2.05, 4.69) is 70.2 Å². The molecule has 3 heteroatoms. The van der Waals surface area contributed by atoms with Crippen LogP contribution >= 0.6 is 0 Å². The normalized spacial score (nSPS) is 19.1. The van der Waals surface area contributed by atoms with Gasteiger partial charge in [-0.15, -0.1) is 0 Å². The minimum atomic E-state index is -0.578. The molecule has 0 aliphatic carbocycles. The van der Waals surface area contributed by atoms with Crippen LogP contribution in [0.3, 0.4) is 0 Å². The molecule has 3 rings (SSSR count). The lowest BCUT2D eigenvalue weighted by Crippen LogP contribution is -2.40. The molecule has 27 heavy (non-hydrogen) atoms. The van der Waals surface area contributed by atoms with Gasteiger partial charge in [-0.1, -0.05) is 66.9 Å². The summed E-state index contributed by atoms with van der Waals surface area (Å²) in [5, 5.41) is 17.1. The number of hydrogen-bond acceptors (Lipinski definition) is 3. The molecule has 2 aromatic rings. The van der Waals surface area contributed by atoms with Crippen molar-refractivity contribution in [1.82, 2.24) is 5.01 Å². The number of benzene rings is 2. The van der Waals surface area contributed by atoms with E-state index in [0.717, 1.165) is 30.5 Å². The highest BCUT2D eigenvalue weighted by molar-refractivity contribution is 6.01. The van der Waals surface area contributed by atoms with E-state index in [4.69, 9.17) is 5.10 Å². The summed E-state index contributed by atoms with van der Waals surface area (Å²) in [5.74, 6) is 0.451. The average Bonchev–Trinajstić information content (AvgIpc) is 3.08. The number of aliphatic hydroxyl groups is 1. The van der Waals surface area contributed by atoms with Gasteiger partial charge in [0.25, 0.3) is 0 Å². The maximum atomic E-state index is 10.4. The number of hydrazone groups is 1. The Labute approximate surface area is 163 Å². The van der Waals surface area contributed by atoms with E-state index < -0.39 is 6.23 Å². The maximum absolute atomic E-state index is 10.4. The molecule has 2 aromatic carbocycles. The van der Waals surface area contributed by atoms with Gasteiger partial charge in [-0.25, -0.2) is 0 Å². The van der Waals surface area contributed by atoms with Crippen molar-refractivity contribution in [2.75, 3.05) is 0 Å². The Balaban J connectivity index is 1.84. The van der Waals surface area contributed by atoms with Gasteiger partial charge in [-0.3, -0.25) is 5.01 Å². The predicted octanol–water partition coefficient (Wildman–Crippen LogP) is 5.00. The molecule has 1 aliphatic rings. The summed E-state index contributed by atoms with van der Waals surface area (Å²) in [5.41, 5.74) is 7.57. The van der Waals surface area contributed by atoms with E-state index >= 15 is 0 Å². The Morgan fingerprint density at radius 3 is 2.37 bits per heavy atom. The SMILES string of the molecule is CCC(Cc1cc(C)ccc1C)C1CC(c2ccc(C)cc2)=NN1C(C)O. The first-order valence-electron chi connectivity index (χ1n) is 10.1. The average molecular weight is 365 g/mol. The Kier molecular flexibility index (Phi) is 6.01. The van der Waals surface area contributed by atoms with E-state index in [0.29, 0.717) is 5.92 Å². The lowest BCUT2D eigenvalue weighted by molar-refractivity contribution is -0.0172. The first kappa shape index (κ1) is 19.6. The fourth-order valence-electron chi connectivity index (χ4n) is 4.07. The highest BCUT2D eigenvalue weighted by Gasteiger charge is 2.35. The van der Waals surface area contributed by atoms with E-state index in [1.54, 1.807) is 0 Å². The minimum absolute atomic E-state index is 0.228. The second kappa shape index (κ2) is 8.26. The molecule has 1 heterocycles. The molecular formula is C24H32N2O. The summed E-state index contributed by atoms with van der Waals surface area (Å²) in [7, 11) is 0. The van der Waals surface area contributed by atoms with Gasteiger partial charge in [-0.2, -0.15) is 5.10 Å². The zero-order valence-corrected chi connectivity index (χ0v) is 17.2. The predicted molar refractivity (Wildman–Crippen MR) is 113 cm³/mol. The number of aliphatic hydroxyl groups excluding tert-OH is 1. The van der Waals surface area contributed by atoms with Gasteiger partial charge >= 0.3 is 0 Å². The third-order valence-electron chi connectivity index (χ3n) is 5.80. The van der Waals surface area contributed by atoms with Crippen molar-refractivity contribution in [3.63, 3.8) is 0 Å². The first-order chi connectivity index (χ1) is 12.9. The molecule has 0 fully saturated rings. The minimum Gasteiger partial charge on any atom is -0.372 e. The molecule has 3 nitrogen and oxygen atoms in total. The molecule has 0 bridgehead atoms. The zero-order valence-electron chi connectivity index (χ0n) is 17.2. The second-order valence-electron chi connectivity index (χ2n) is 8.00. The highest BCUT2D eigenvalue weighted by Crippen LogP contribution is 2.31. The van der Waals surface area contributed by atoms with Gasteiger partial charge in [0.1, 0.15) is 6.23 Å². The van der Waals surface area contributed by atoms with Crippen LogP contribution in [0.4, 0.5) is 0 Å². The van der Waals surface area contributed by atoms with Crippen molar-refractivity contribution in [2.24, 2.45) is 11.0 Å². The van der Waals surface area contributed by atoms with Crippen LogP contribution in [-0.2, 0) is 6.42 Å². The van der Waals surface area contributed by atoms with Gasteiger partial charge in [0.2, 0.25) is 0 Å². The van der Waals surface area contributed by atoms with Crippen LogP contribution in [0.25, 0.3) is 0 Å². The Morgan fingerprint density at radius 1 is 1.07 bits per heavy atom. The van der Waals surface area contributed by atoms with E-state index in [-0.39, 0.29) is 6.04 Å². The van der Waals surface area contributed by atoms with Crippen LogP contribution in [0.15, 0.2) is 47.6 Å². The van der Waals surface area contributed by atoms with Gasteiger partial charge in [0.15, 0.2) is 0 Å². The smallest absolute Gasteiger partial charge is 0.140 e. The van der Waals surface area contributed by atoms with Gasteiger partial charge in [-0.05, 0) is 56.7 Å². The van der Waals surface area contributed by atoms with Crippen molar-refractivity contribution in [2.45, 2.75) is 66.2 Å². The molecule has 1 N–H and O–H groups in total. The number of aryl methyl sites for hydroxylation is 3. The summed E-state index contributed by atoms with van der Waals surface area (Å²) in [6.07, 6.45) is 2.40. The Morgan fingerprint density at radius 2 is 1.74 bits per heavy atom. The van der Waals surface area contributed by atoms with Crippen molar-refractivity contribution >= 4 is 5.71 Å². The molecule has 0 saturated carbocycles. The highest BCUT2D eigenvalue weighted by atomic mass is 16.3. The van der Waals surface area contributed by atoms with Crippen LogP contribution in [0, 0.1) is 26.7 Å². The molecule has 1 aliphatic heterocycles. The summed E-state index contributed by atoms with van der Waals surface area (Å²) in [4.78, 5) is 0. The molecular weight excluding hydrogens is 332 g/mol. The van der Waals surface area contributed by atoms with Crippen molar-refractivity contribution in [3.8, 4) is 0 Å². The molecule has 0 amide bonds. The van der Waals surface area contributed by atoms with Crippen LogP contribution in [-0.4, -0.2) is 28.1 Å². The standard InChI is InChI=1S/C24H32N2O/c1-6-20(14-22-13-17(3)7-10-18(22)4)24-15-23(25-26(24)19(5)27)21-11-8-16(2)9-12-21/h7-13,19-20,24,27H,6,14-15H2,1-5H3.